The number of aliphatic imine (C=N–C) groups is 1. The molecule has 0 saturated carbocycles. The standard InChI is InChI=1S/C21H25N5/c22-21(24-13-7-12-19-14-23-16-26-19)25-15-20(17-8-3-1-4-9-17)18-10-5-2-6-11-18/h1-6,8-11,14,16,20H,7,12-13,15H2,(H,23,26)(H3,22,24,25). The lowest BCUT2D eigenvalue weighted by atomic mass is 9.91. The van der Waals surface area contributed by atoms with Crippen LogP contribution in [0.3, 0.4) is 0 Å². The number of aryl methyl sites for hydroxylation is 1. The Morgan fingerprint density at radius 2 is 1.69 bits per heavy atom. The van der Waals surface area contributed by atoms with E-state index in [1.807, 2.05) is 18.3 Å². The van der Waals surface area contributed by atoms with E-state index in [0.29, 0.717) is 12.5 Å². The second-order valence-electron chi connectivity index (χ2n) is 6.21. The molecule has 0 spiro atoms. The van der Waals surface area contributed by atoms with Crippen molar-refractivity contribution in [3.8, 4) is 0 Å². The SMILES string of the molecule is NC(=NCC(c1ccccc1)c1ccccc1)NCCCc1cnc[nH]1. The predicted octanol–water partition coefficient (Wildman–Crippen LogP) is 3.08. The molecule has 134 valence electrons. The fourth-order valence-corrected chi connectivity index (χ4v) is 2.94. The fraction of sp³-hybridized carbons (Fsp3) is 0.238. The molecular formula is C21H25N5. The van der Waals surface area contributed by atoms with Gasteiger partial charge in [-0.25, -0.2) is 4.98 Å². The Morgan fingerprint density at radius 1 is 1.04 bits per heavy atom. The quantitative estimate of drug-likeness (QED) is 0.333. The molecule has 0 aliphatic heterocycles. The molecule has 5 heteroatoms. The summed E-state index contributed by atoms with van der Waals surface area (Å²) in [4.78, 5) is 11.7. The van der Waals surface area contributed by atoms with E-state index in [0.717, 1.165) is 25.1 Å². The van der Waals surface area contributed by atoms with E-state index in [9.17, 15) is 0 Å². The van der Waals surface area contributed by atoms with Crippen molar-refractivity contribution < 1.29 is 0 Å². The number of nitrogens with zero attached hydrogens (tertiary/aromatic N) is 2. The van der Waals surface area contributed by atoms with E-state index >= 15 is 0 Å². The number of H-pyrrole nitrogens is 1. The third kappa shape index (κ3) is 5.21. The first-order chi connectivity index (χ1) is 12.8. The second-order valence-corrected chi connectivity index (χ2v) is 6.21. The molecule has 0 atom stereocenters. The monoisotopic (exact) mass is 347 g/mol. The summed E-state index contributed by atoms with van der Waals surface area (Å²) in [5, 5.41) is 3.20. The Balaban J connectivity index is 1.57. The Morgan fingerprint density at radius 3 is 2.27 bits per heavy atom. The van der Waals surface area contributed by atoms with Crippen LogP contribution in [0.4, 0.5) is 0 Å². The van der Waals surface area contributed by atoms with Gasteiger partial charge in [0.15, 0.2) is 5.96 Å². The van der Waals surface area contributed by atoms with E-state index in [-0.39, 0.29) is 5.92 Å². The molecule has 0 radical (unpaired) electrons. The topological polar surface area (TPSA) is 79.1 Å². The van der Waals surface area contributed by atoms with Gasteiger partial charge < -0.3 is 16.0 Å². The molecule has 0 aliphatic carbocycles. The van der Waals surface area contributed by atoms with Crippen molar-refractivity contribution in [2.75, 3.05) is 13.1 Å². The van der Waals surface area contributed by atoms with Gasteiger partial charge in [0.2, 0.25) is 0 Å². The summed E-state index contributed by atoms with van der Waals surface area (Å²) < 4.78 is 0. The lowest BCUT2D eigenvalue weighted by Crippen LogP contribution is -2.33. The van der Waals surface area contributed by atoms with Crippen molar-refractivity contribution in [1.29, 1.82) is 0 Å². The maximum absolute atomic E-state index is 6.06. The number of aromatic nitrogens is 2. The molecule has 26 heavy (non-hydrogen) atoms. The number of imidazole rings is 1. The van der Waals surface area contributed by atoms with E-state index in [1.54, 1.807) is 6.33 Å². The average Bonchev–Trinajstić information content (AvgIpc) is 3.21. The highest BCUT2D eigenvalue weighted by Gasteiger charge is 2.13. The Hall–Kier alpha value is -3.08. The molecule has 1 aromatic heterocycles. The third-order valence-corrected chi connectivity index (χ3v) is 4.33. The van der Waals surface area contributed by atoms with Crippen molar-refractivity contribution in [2.24, 2.45) is 10.7 Å². The number of nitrogens with two attached hydrogens (primary N) is 1. The average molecular weight is 347 g/mol. The van der Waals surface area contributed by atoms with Crippen LogP contribution < -0.4 is 11.1 Å². The van der Waals surface area contributed by atoms with Crippen LogP contribution in [-0.2, 0) is 6.42 Å². The molecule has 5 nitrogen and oxygen atoms in total. The minimum absolute atomic E-state index is 0.197. The summed E-state index contributed by atoms with van der Waals surface area (Å²) in [7, 11) is 0. The first kappa shape index (κ1) is 17.7. The van der Waals surface area contributed by atoms with Crippen LogP contribution in [0.25, 0.3) is 0 Å². The lowest BCUT2D eigenvalue weighted by Gasteiger charge is -2.16. The minimum Gasteiger partial charge on any atom is -0.370 e. The van der Waals surface area contributed by atoms with Gasteiger partial charge >= 0.3 is 0 Å². The number of aromatic amines is 1. The van der Waals surface area contributed by atoms with Gasteiger partial charge in [0.1, 0.15) is 0 Å². The van der Waals surface area contributed by atoms with Crippen LogP contribution >= 0.6 is 0 Å². The van der Waals surface area contributed by atoms with Gasteiger partial charge in [-0.2, -0.15) is 0 Å². The van der Waals surface area contributed by atoms with Gasteiger partial charge in [-0.3, -0.25) is 4.99 Å². The summed E-state index contributed by atoms with van der Waals surface area (Å²) in [6.07, 6.45) is 5.46. The number of rotatable bonds is 8. The van der Waals surface area contributed by atoms with E-state index in [2.05, 4.69) is 68.8 Å². The van der Waals surface area contributed by atoms with Crippen molar-refractivity contribution >= 4 is 5.96 Å². The third-order valence-electron chi connectivity index (χ3n) is 4.33. The first-order valence-corrected chi connectivity index (χ1v) is 8.94. The van der Waals surface area contributed by atoms with E-state index < -0.39 is 0 Å². The molecule has 0 bridgehead atoms. The van der Waals surface area contributed by atoms with Crippen LogP contribution in [0.1, 0.15) is 29.2 Å². The van der Waals surface area contributed by atoms with Gasteiger partial charge in [0.05, 0.1) is 12.9 Å². The molecule has 0 saturated heterocycles. The van der Waals surface area contributed by atoms with E-state index in [1.165, 1.54) is 11.1 Å². The van der Waals surface area contributed by atoms with Crippen LogP contribution in [-0.4, -0.2) is 29.0 Å². The zero-order valence-corrected chi connectivity index (χ0v) is 14.8. The highest BCUT2D eigenvalue weighted by atomic mass is 15.1. The lowest BCUT2D eigenvalue weighted by molar-refractivity contribution is 0.748. The molecule has 0 aliphatic rings. The van der Waals surface area contributed by atoms with Gasteiger partial charge in [0.25, 0.3) is 0 Å². The summed E-state index contributed by atoms with van der Waals surface area (Å²) in [5.41, 5.74) is 9.68. The number of hydrogen-bond donors (Lipinski definition) is 3. The Labute approximate surface area is 154 Å². The maximum Gasteiger partial charge on any atom is 0.188 e. The molecule has 0 fully saturated rings. The van der Waals surface area contributed by atoms with Gasteiger partial charge in [-0.15, -0.1) is 0 Å². The number of hydrogen-bond acceptors (Lipinski definition) is 2. The molecule has 0 amide bonds. The molecular weight excluding hydrogens is 322 g/mol. The summed E-state index contributed by atoms with van der Waals surface area (Å²) in [5.74, 6) is 0.689. The highest BCUT2D eigenvalue weighted by molar-refractivity contribution is 5.77. The molecule has 2 aromatic carbocycles. The highest BCUT2D eigenvalue weighted by Crippen LogP contribution is 2.24. The van der Waals surface area contributed by atoms with Crippen molar-refractivity contribution in [3.63, 3.8) is 0 Å². The minimum atomic E-state index is 0.197. The maximum atomic E-state index is 6.06. The number of guanidine groups is 1. The molecule has 3 aromatic rings. The van der Waals surface area contributed by atoms with E-state index in [4.69, 9.17) is 5.73 Å². The van der Waals surface area contributed by atoms with Crippen molar-refractivity contribution in [2.45, 2.75) is 18.8 Å². The normalized spacial score (nSPS) is 11.7. The summed E-state index contributed by atoms with van der Waals surface area (Å²) in [6, 6.07) is 20.9. The second kappa shape index (κ2) is 9.42. The molecule has 1 heterocycles. The van der Waals surface area contributed by atoms with Crippen LogP contribution in [0.2, 0.25) is 0 Å². The Kier molecular flexibility index (Phi) is 6.42. The van der Waals surface area contributed by atoms with Crippen molar-refractivity contribution in [3.05, 3.63) is 90.0 Å². The fourth-order valence-electron chi connectivity index (χ4n) is 2.94. The smallest absolute Gasteiger partial charge is 0.188 e. The molecule has 4 N–H and O–H groups in total. The predicted molar refractivity (Wildman–Crippen MR) is 106 cm³/mol. The van der Waals surface area contributed by atoms with Gasteiger partial charge in [0, 0.05) is 24.4 Å². The van der Waals surface area contributed by atoms with Crippen molar-refractivity contribution in [1.82, 2.24) is 15.3 Å². The largest absolute Gasteiger partial charge is 0.370 e. The Bertz CT molecular complexity index is 742. The summed E-state index contributed by atoms with van der Waals surface area (Å²) in [6.45, 7) is 1.41. The number of nitrogens with one attached hydrogen (secondary N) is 2. The molecule has 3 rings (SSSR count). The summed E-state index contributed by atoms with van der Waals surface area (Å²) >= 11 is 0. The van der Waals surface area contributed by atoms with Gasteiger partial charge in [-0.1, -0.05) is 60.7 Å². The van der Waals surface area contributed by atoms with Gasteiger partial charge in [-0.05, 0) is 24.0 Å². The van der Waals surface area contributed by atoms with Crippen LogP contribution in [0, 0.1) is 0 Å². The first-order valence-electron chi connectivity index (χ1n) is 8.94. The zero-order chi connectivity index (χ0) is 18.0. The molecule has 0 unspecified atom stereocenters. The van der Waals surface area contributed by atoms with Crippen LogP contribution in [0.5, 0.6) is 0 Å². The van der Waals surface area contributed by atoms with Crippen LogP contribution in [0.15, 0.2) is 78.2 Å². The zero-order valence-electron chi connectivity index (χ0n) is 14.8. The number of benzene rings is 2.